The number of nitrogens with one attached hydrogen (secondary N) is 1. The van der Waals surface area contributed by atoms with Crippen LogP contribution >= 0.6 is 0 Å². The maximum atomic E-state index is 12.4. The number of piperidine rings is 1. The highest BCUT2D eigenvalue weighted by Gasteiger charge is 2.26. The Morgan fingerprint density at radius 3 is 2.56 bits per heavy atom. The number of unbranched alkanes of at least 4 members (excludes halogenated alkanes) is 1. The molecule has 2 aromatic carbocycles. The van der Waals surface area contributed by atoms with Gasteiger partial charge in [0.05, 0.1) is 5.52 Å². The van der Waals surface area contributed by atoms with Gasteiger partial charge in [0.15, 0.2) is 0 Å². The minimum atomic E-state index is 0.169. The maximum Gasteiger partial charge on any atom is 0.219 e. The summed E-state index contributed by atoms with van der Waals surface area (Å²) in [6.07, 6.45) is 6.46. The van der Waals surface area contributed by atoms with Crippen LogP contribution in [0.25, 0.3) is 10.9 Å². The highest BCUT2D eigenvalue weighted by atomic mass is 16.2. The largest absolute Gasteiger partial charge is 0.355 e. The van der Waals surface area contributed by atoms with E-state index in [0.29, 0.717) is 12.6 Å². The average molecular weight is 431 g/mol. The zero-order valence-corrected chi connectivity index (χ0v) is 19.3. The summed E-state index contributed by atoms with van der Waals surface area (Å²) in [7, 11) is 0. The van der Waals surface area contributed by atoms with E-state index >= 15 is 0 Å². The number of fused-ring (bicyclic) bond motifs is 1. The van der Waals surface area contributed by atoms with Gasteiger partial charge in [-0.3, -0.25) is 9.78 Å². The summed E-state index contributed by atoms with van der Waals surface area (Å²) < 4.78 is 0. The van der Waals surface area contributed by atoms with Crippen molar-refractivity contribution in [1.82, 2.24) is 14.8 Å². The molecule has 0 unspecified atom stereocenters. The highest BCUT2D eigenvalue weighted by molar-refractivity contribution is 5.92. The van der Waals surface area contributed by atoms with Crippen molar-refractivity contribution in [1.29, 1.82) is 0 Å². The molecule has 1 amide bonds. The summed E-state index contributed by atoms with van der Waals surface area (Å²) >= 11 is 0. The predicted molar refractivity (Wildman–Crippen MR) is 132 cm³/mol. The zero-order chi connectivity index (χ0) is 22.3. The molecule has 0 atom stereocenters. The third-order valence-electron chi connectivity index (χ3n) is 6.47. The van der Waals surface area contributed by atoms with Gasteiger partial charge >= 0.3 is 0 Å². The lowest BCUT2D eigenvalue weighted by Gasteiger charge is -2.38. The van der Waals surface area contributed by atoms with Gasteiger partial charge in [0, 0.05) is 55.6 Å². The number of carbonyl (C=O) groups excluding carboxylic acids is 1. The van der Waals surface area contributed by atoms with Crippen molar-refractivity contribution in [3.63, 3.8) is 0 Å². The maximum absolute atomic E-state index is 12.4. The number of benzene rings is 2. The fraction of sp³-hybridized carbons (Fsp3) is 0.407. The fourth-order valence-corrected chi connectivity index (χ4v) is 4.58. The Bertz CT molecular complexity index is 1020. The first-order valence-corrected chi connectivity index (χ1v) is 11.8. The first kappa shape index (κ1) is 22.3. The van der Waals surface area contributed by atoms with Crippen LogP contribution in [0.4, 0.5) is 11.4 Å². The molecule has 32 heavy (non-hydrogen) atoms. The second kappa shape index (κ2) is 10.6. The number of hydrogen-bond acceptors (Lipinski definition) is 4. The molecule has 1 aliphatic heterocycles. The minimum absolute atomic E-state index is 0.169. The zero-order valence-electron chi connectivity index (χ0n) is 19.3. The van der Waals surface area contributed by atoms with Crippen LogP contribution in [0, 0.1) is 0 Å². The van der Waals surface area contributed by atoms with Crippen LogP contribution in [0.5, 0.6) is 0 Å². The Kier molecular flexibility index (Phi) is 7.38. The number of amides is 1. The van der Waals surface area contributed by atoms with E-state index in [4.69, 9.17) is 0 Å². The molecule has 5 nitrogen and oxygen atoms in total. The molecular weight excluding hydrogens is 396 g/mol. The van der Waals surface area contributed by atoms with Gasteiger partial charge in [-0.25, -0.2) is 0 Å². The van der Waals surface area contributed by atoms with Crippen LogP contribution in [-0.4, -0.2) is 46.4 Å². The van der Waals surface area contributed by atoms with E-state index in [2.05, 4.69) is 57.4 Å². The topological polar surface area (TPSA) is 48.5 Å². The Labute approximate surface area is 191 Å². The molecule has 1 N–H and O–H groups in total. The number of para-hydroxylation sites is 1. The van der Waals surface area contributed by atoms with Crippen LogP contribution in [0.3, 0.4) is 0 Å². The van der Waals surface area contributed by atoms with E-state index in [1.54, 1.807) is 6.92 Å². The van der Waals surface area contributed by atoms with E-state index < -0.39 is 0 Å². The molecule has 1 saturated heterocycles. The van der Waals surface area contributed by atoms with Crippen molar-refractivity contribution in [2.45, 2.75) is 52.1 Å². The third kappa shape index (κ3) is 5.46. The number of rotatable bonds is 8. The molecule has 0 spiro atoms. The van der Waals surface area contributed by atoms with Gasteiger partial charge in [-0.15, -0.1) is 0 Å². The first-order valence-electron chi connectivity index (χ1n) is 11.8. The van der Waals surface area contributed by atoms with Crippen molar-refractivity contribution < 1.29 is 4.79 Å². The number of carbonyl (C=O) groups is 1. The molecule has 2 heterocycles. The summed E-state index contributed by atoms with van der Waals surface area (Å²) in [6.45, 7) is 7.99. The van der Waals surface area contributed by atoms with Gasteiger partial charge in [0.25, 0.3) is 0 Å². The van der Waals surface area contributed by atoms with Crippen molar-refractivity contribution in [2.24, 2.45) is 0 Å². The fourth-order valence-electron chi connectivity index (χ4n) is 4.58. The smallest absolute Gasteiger partial charge is 0.219 e. The molecule has 1 aliphatic rings. The molecule has 168 valence electrons. The molecule has 0 bridgehead atoms. The Hall–Kier alpha value is -2.92. The van der Waals surface area contributed by atoms with E-state index in [0.717, 1.165) is 48.2 Å². The van der Waals surface area contributed by atoms with E-state index in [9.17, 15) is 4.79 Å². The van der Waals surface area contributed by atoms with E-state index in [-0.39, 0.29) is 5.91 Å². The number of hydrogen-bond donors (Lipinski definition) is 1. The first-order chi connectivity index (χ1) is 15.6. The number of aromatic nitrogens is 1. The van der Waals surface area contributed by atoms with Crippen molar-refractivity contribution in [3.8, 4) is 0 Å². The standard InChI is InChI=1S/C27H34N4O/c1-3-4-17-30-18-14-24(15-19-30)31(21(2)32)20-22-9-11-23(12-10-22)29-27-13-16-28-26-8-6-5-7-25(26)27/h5-13,16,24H,3-4,14-15,17-20H2,1-2H3,(H,28,29). The molecule has 0 aliphatic carbocycles. The lowest BCUT2D eigenvalue weighted by Crippen LogP contribution is -2.46. The monoisotopic (exact) mass is 430 g/mol. The van der Waals surface area contributed by atoms with Gasteiger partial charge in [-0.05, 0) is 55.6 Å². The third-order valence-corrected chi connectivity index (χ3v) is 6.47. The summed E-state index contributed by atoms with van der Waals surface area (Å²) in [4.78, 5) is 21.5. The normalized spacial score (nSPS) is 15.1. The quantitative estimate of drug-likeness (QED) is 0.506. The number of likely N-dealkylation sites (tertiary alicyclic amines) is 1. The van der Waals surface area contributed by atoms with Crippen molar-refractivity contribution in [3.05, 3.63) is 66.4 Å². The predicted octanol–water partition coefficient (Wildman–Crippen LogP) is 5.59. The molecule has 3 aromatic rings. The van der Waals surface area contributed by atoms with Crippen LogP contribution in [0.1, 0.15) is 45.1 Å². The molecule has 4 rings (SSSR count). The molecule has 0 saturated carbocycles. The van der Waals surface area contributed by atoms with Crippen LogP contribution in [0.2, 0.25) is 0 Å². The summed E-state index contributed by atoms with van der Waals surface area (Å²) in [6, 6.07) is 18.9. The lowest BCUT2D eigenvalue weighted by atomic mass is 10.0. The van der Waals surface area contributed by atoms with E-state index in [1.165, 1.54) is 24.9 Å². The molecule has 0 radical (unpaired) electrons. The van der Waals surface area contributed by atoms with Crippen molar-refractivity contribution in [2.75, 3.05) is 25.0 Å². The molecule has 5 heteroatoms. The SMILES string of the molecule is CCCCN1CCC(N(Cc2ccc(Nc3ccnc4ccccc34)cc2)C(C)=O)CC1. The van der Waals surface area contributed by atoms with Crippen LogP contribution in [-0.2, 0) is 11.3 Å². The van der Waals surface area contributed by atoms with Crippen molar-refractivity contribution >= 4 is 28.2 Å². The molecule has 1 fully saturated rings. The Morgan fingerprint density at radius 1 is 1.09 bits per heavy atom. The van der Waals surface area contributed by atoms with Gasteiger partial charge in [-0.2, -0.15) is 0 Å². The second-order valence-corrected chi connectivity index (χ2v) is 8.77. The van der Waals surface area contributed by atoms with Crippen LogP contribution < -0.4 is 5.32 Å². The van der Waals surface area contributed by atoms with Gasteiger partial charge in [0.2, 0.25) is 5.91 Å². The number of pyridine rings is 1. The number of nitrogens with zero attached hydrogens (tertiary/aromatic N) is 3. The van der Waals surface area contributed by atoms with Gasteiger partial charge in [-0.1, -0.05) is 43.7 Å². The Morgan fingerprint density at radius 2 is 1.84 bits per heavy atom. The van der Waals surface area contributed by atoms with E-state index in [1.807, 2.05) is 30.5 Å². The summed E-state index contributed by atoms with van der Waals surface area (Å²) in [5, 5.41) is 4.61. The molecular formula is C27H34N4O. The minimum Gasteiger partial charge on any atom is -0.355 e. The van der Waals surface area contributed by atoms with Gasteiger partial charge in [0.1, 0.15) is 0 Å². The second-order valence-electron chi connectivity index (χ2n) is 8.77. The van der Waals surface area contributed by atoms with Crippen LogP contribution in [0.15, 0.2) is 60.8 Å². The lowest BCUT2D eigenvalue weighted by molar-refractivity contribution is -0.132. The summed E-state index contributed by atoms with van der Waals surface area (Å²) in [5.74, 6) is 0.169. The van der Waals surface area contributed by atoms with Gasteiger partial charge < -0.3 is 15.1 Å². The highest BCUT2D eigenvalue weighted by Crippen LogP contribution is 2.26. The molecule has 1 aromatic heterocycles. The number of anilines is 2. The average Bonchev–Trinajstić information content (AvgIpc) is 2.83. The Balaban J connectivity index is 1.39. The summed E-state index contributed by atoms with van der Waals surface area (Å²) in [5.41, 5.74) is 4.22.